The zero-order valence-corrected chi connectivity index (χ0v) is 16.6. The number of ether oxygens (including phenoxy) is 2. The zero-order chi connectivity index (χ0) is 19.8. The predicted octanol–water partition coefficient (Wildman–Crippen LogP) is 4.40. The highest BCUT2D eigenvalue weighted by Crippen LogP contribution is 2.39. The molecule has 0 saturated carbocycles. The van der Waals surface area contributed by atoms with Gasteiger partial charge in [0.15, 0.2) is 11.5 Å². The fraction of sp³-hybridized carbons (Fsp3) is 0.238. The maximum absolute atomic E-state index is 6.21. The van der Waals surface area contributed by atoms with Gasteiger partial charge in [0.1, 0.15) is 7.49 Å². The number of benzene rings is 2. The van der Waals surface area contributed by atoms with Gasteiger partial charge in [-0.15, -0.1) is 11.3 Å². The van der Waals surface area contributed by atoms with Crippen molar-refractivity contribution in [1.82, 2.24) is 0 Å². The van der Waals surface area contributed by atoms with E-state index in [2.05, 4.69) is 60.7 Å². The SMILES string of the molecule is [2H]B([2H])P.c1ccc(CC2(Cc3ccccc3)COc3cscc3OC2)cc1. The van der Waals surface area contributed by atoms with Crippen LogP contribution >= 0.6 is 20.5 Å². The zero-order valence-electron chi connectivity index (χ0n) is 16.6. The first kappa shape index (κ1) is 16.4. The van der Waals surface area contributed by atoms with E-state index >= 15 is 0 Å². The topological polar surface area (TPSA) is 18.5 Å². The molecule has 134 valence electrons. The summed E-state index contributed by atoms with van der Waals surface area (Å²) in [5.41, 5.74) is 2.58. The molecule has 0 bridgehead atoms. The molecule has 2 nitrogen and oxygen atoms in total. The van der Waals surface area contributed by atoms with E-state index in [4.69, 9.17) is 12.1 Å². The number of hydrogen-bond acceptors (Lipinski definition) is 3. The van der Waals surface area contributed by atoms with Crippen LogP contribution in [0.4, 0.5) is 0 Å². The van der Waals surface area contributed by atoms with Gasteiger partial charge in [-0.3, -0.25) is 0 Å². The molecule has 1 aromatic heterocycles. The Morgan fingerprint density at radius 1 is 0.885 bits per heavy atom. The van der Waals surface area contributed by atoms with Crippen LogP contribution in [-0.2, 0) is 12.8 Å². The second-order valence-electron chi connectivity index (χ2n) is 6.50. The van der Waals surface area contributed by atoms with Gasteiger partial charge in [-0.25, -0.2) is 0 Å². The van der Waals surface area contributed by atoms with Crippen molar-refractivity contribution in [3.63, 3.8) is 0 Å². The molecule has 0 saturated heterocycles. The van der Waals surface area contributed by atoms with E-state index in [1.165, 1.54) is 11.1 Å². The highest BCUT2D eigenvalue weighted by molar-refractivity contribution is 7.49. The van der Waals surface area contributed by atoms with Crippen molar-refractivity contribution >= 4 is 27.9 Å². The Bertz CT molecular complexity index is 777. The van der Waals surface area contributed by atoms with Crippen molar-refractivity contribution in [3.8, 4) is 11.5 Å². The molecule has 3 aromatic rings. The lowest BCUT2D eigenvalue weighted by Gasteiger charge is -2.31. The van der Waals surface area contributed by atoms with Gasteiger partial charge in [-0.05, 0) is 26.6 Å². The quantitative estimate of drug-likeness (QED) is 0.490. The van der Waals surface area contributed by atoms with Crippen molar-refractivity contribution in [1.29, 1.82) is 2.67 Å². The van der Waals surface area contributed by atoms with Crippen LogP contribution in [0.1, 0.15) is 11.1 Å². The first-order valence-electron chi connectivity index (χ1n) is 9.72. The lowest BCUT2D eigenvalue weighted by molar-refractivity contribution is 0.103. The molecule has 4 rings (SSSR count). The van der Waals surface area contributed by atoms with E-state index in [-0.39, 0.29) is 5.41 Å². The number of rotatable bonds is 4. The highest BCUT2D eigenvalue weighted by atomic mass is 32.1. The standard InChI is InChI=1S/C21H20O2S.BH4P/c1-3-7-17(8-4-1)11-21(12-18-9-5-2-6-10-18)15-22-19-13-24-14-20(19)23-16-21;1-2/h1-10,13-14H,11-12,15-16H2;1-2H2/i;1D2. The summed E-state index contributed by atoms with van der Waals surface area (Å²) in [6, 6.07) is 21.3. The van der Waals surface area contributed by atoms with Crippen LogP contribution in [-0.4, -0.2) is 23.4 Å². The molecule has 1 atom stereocenters. The van der Waals surface area contributed by atoms with Gasteiger partial charge in [0.25, 0.3) is 0 Å². The molecule has 0 aliphatic carbocycles. The van der Waals surface area contributed by atoms with Crippen LogP contribution in [0.25, 0.3) is 0 Å². The summed E-state index contributed by atoms with van der Waals surface area (Å²) >= 11 is 1.62. The fourth-order valence-corrected chi connectivity index (χ4v) is 4.00. The lowest BCUT2D eigenvalue weighted by atomic mass is 9.78. The predicted molar refractivity (Wildman–Crippen MR) is 116 cm³/mol. The Morgan fingerprint density at radius 2 is 1.31 bits per heavy atom. The van der Waals surface area contributed by atoms with Crippen molar-refractivity contribution in [2.45, 2.75) is 12.8 Å². The Labute approximate surface area is 165 Å². The molecule has 0 spiro atoms. The van der Waals surface area contributed by atoms with Crippen molar-refractivity contribution in [3.05, 3.63) is 82.6 Å². The van der Waals surface area contributed by atoms with Crippen molar-refractivity contribution in [2.75, 3.05) is 13.2 Å². The first-order valence-corrected chi connectivity index (χ1v) is 10.2. The molecule has 0 amide bonds. The lowest BCUT2D eigenvalue weighted by Crippen LogP contribution is -2.38. The number of hydrogen-bond donors (Lipinski definition) is 0. The van der Waals surface area contributed by atoms with Gasteiger partial charge in [0, 0.05) is 16.2 Å². The van der Waals surface area contributed by atoms with E-state index in [1.54, 1.807) is 11.3 Å². The summed E-state index contributed by atoms with van der Waals surface area (Å²) in [5.74, 6) is 1.76. The molecule has 0 fully saturated rings. The normalized spacial score (nSPS) is 15.6. The second kappa shape index (κ2) is 9.25. The van der Waals surface area contributed by atoms with Gasteiger partial charge in [0.05, 0.1) is 13.2 Å². The minimum Gasteiger partial charge on any atom is -0.488 e. The van der Waals surface area contributed by atoms with Crippen LogP contribution < -0.4 is 9.47 Å². The summed E-state index contributed by atoms with van der Waals surface area (Å²) in [7, 11) is 1.24. The van der Waals surface area contributed by atoms with Crippen LogP contribution in [0, 0.1) is 5.41 Å². The average molecular weight is 384 g/mol. The third-order valence-electron chi connectivity index (χ3n) is 4.50. The maximum Gasteiger partial charge on any atom is 0.171 e. The Kier molecular flexibility index (Phi) is 5.84. The molecule has 2 aromatic carbocycles. The Hall–Kier alpha value is -1.77. The molecular formula is C21H24BO2PS. The maximum atomic E-state index is 6.21. The molecule has 0 N–H and O–H groups in total. The summed E-state index contributed by atoms with van der Waals surface area (Å²) in [5, 5.41) is 4.05. The summed E-state index contributed by atoms with van der Waals surface area (Å²) in [6.07, 6.45) is 1.88. The molecule has 2 heterocycles. The Morgan fingerprint density at radius 3 is 1.73 bits per heavy atom. The second-order valence-corrected chi connectivity index (χ2v) is 7.25. The van der Waals surface area contributed by atoms with Gasteiger partial charge >= 0.3 is 0 Å². The van der Waals surface area contributed by atoms with Gasteiger partial charge < -0.3 is 9.47 Å². The molecule has 26 heavy (non-hydrogen) atoms. The minimum absolute atomic E-state index is 0.0700. The van der Waals surface area contributed by atoms with Gasteiger partial charge in [0.2, 0.25) is 0 Å². The summed E-state index contributed by atoms with van der Waals surface area (Å²) < 4.78 is 24.7. The van der Waals surface area contributed by atoms with E-state index in [1.807, 2.05) is 19.9 Å². The van der Waals surface area contributed by atoms with E-state index in [9.17, 15) is 0 Å². The number of fused-ring (bicyclic) bond motifs is 1. The molecule has 5 heteroatoms. The first-order chi connectivity index (χ1) is 13.6. The molecule has 1 unspecified atom stereocenters. The van der Waals surface area contributed by atoms with Gasteiger partial charge in [-0.2, -0.15) is 9.12 Å². The summed E-state index contributed by atoms with van der Waals surface area (Å²) in [6.45, 7) is 1.33. The monoisotopic (exact) mass is 384 g/mol. The van der Waals surface area contributed by atoms with E-state index < -0.39 is 7.49 Å². The van der Waals surface area contributed by atoms with Gasteiger partial charge in [-0.1, -0.05) is 60.7 Å². The molecular weight excluding hydrogens is 358 g/mol. The molecule has 1 aliphatic rings. The smallest absolute Gasteiger partial charge is 0.171 e. The summed E-state index contributed by atoms with van der Waals surface area (Å²) in [4.78, 5) is 0. The molecule has 1 aliphatic heterocycles. The third kappa shape index (κ3) is 4.69. The highest BCUT2D eigenvalue weighted by Gasteiger charge is 2.36. The largest absolute Gasteiger partial charge is 0.488 e. The minimum atomic E-state index is -0.750. The van der Waals surface area contributed by atoms with E-state index in [0.29, 0.717) is 13.2 Å². The van der Waals surface area contributed by atoms with Crippen LogP contribution in [0.15, 0.2) is 71.4 Å². The van der Waals surface area contributed by atoms with E-state index in [0.717, 1.165) is 24.3 Å². The Balaban J connectivity index is 0.000000516. The van der Waals surface area contributed by atoms with Crippen LogP contribution in [0.3, 0.4) is 0 Å². The fourth-order valence-electron chi connectivity index (χ4n) is 3.31. The van der Waals surface area contributed by atoms with Crippen molar-refractivity contribution in [2.24, 2.45) is 5.41 Å². The van der Waals surface area contributed by atoms with Crippen molar-refractivity contribution < 1.29 is 9.47 Å². The average Bonchev–Trinajstić information content (AvgIpc) is 3.07. The molecule has 0 radical (unpaired) electrons. The third-order valence-corrected chi connectivity index (χ3v) is 5.20. The number of thiophene rings is 1. The van der Waals surface area contributed by atoms with Crippen LogP contribution in [0.5, 0.6) is 11.5 Å². The van der Waals surface area contributed by atoms with Crippen LogP contribution in [0.2, 0.25) is 0 Å².